The fourth-order valence-corrected chi connectivity index (χ4v) is 3.09. The zero-order chi connectivity index (χ0) is 19.8. The number of carbonyl (C=O) groups excluding carboxylic acids is 2. The van der Waals surface area contributed by atoms with Gasteiger partial charge in [-0.1, -0.05) is 60.7 Å². The Kier molecular flexibility index (Phi) is 6.81. The van der Waals surface area contributed by atoms with E-state index in [1.807, 2.05) is 54.6 Å². The lowest BCUT2D eigenvalue weighted by molar-refractivity contribution is -0.123. The number of hydrogen-bond donors (Lipinski definition) is 2. The second kappa shape index (κ2) is 9.71. The molecule has 3 aromatic rings. The minimum absolute atomic E-state index is 0.206. The van der Waals surface area contributed by atoms with Crippen molar-refractivity contribution in [2.45, 2.75) is 6.42 Å². The van der Waals surface area contributed by atoms with Crippen LogP contribution in [-0.2, 0) is 11.2 Å². The molecule has 0 aromatic heterocycles. The van der Waals surface area contributed by atoms with Crippen molar-refractivity contribution in [3.05, 3.63) is 100 Å². The lowest BCUT2D eigenvalue weighted by Gasteiger charge is -2.12. The Bertz CT molecular complexity index is 961. The fraction of sp³-hybridized carbons (Fsp3) is 0.0909. The third-order valence-electron chi connectivity index (χ3n) is 4.00. The van der Waals surface area contributed by atoms with E-state index in [0.29, 0.717) is 22.2 Å². The van der Waals surface area contributed by atoms with Crippen molar-refractivity contribution < 1.29 is 14.3 Å². The Morgan fingerprint density at radius 3 is 2.29 bits per heavy atom. The zero-order valence-electron chi connectivity index (χ0n) is 15.0. The molecule has 0 fully saturated rings. The number of rotatable bonds is 6. The van der Waals surface area contributed by atoms with E-state index in [2.05, 4.69) is 26.8 Å². The maximum atomic E-state index is 12.1. The predicted molar refractivity (Wildman–Crippen MR) is 111 cm³/mol. The number of amides is 2. The molecule has 28 heavy (non-hydrogen) atoms. The molecule has 0 aliphatic rings. The highest BCUT2D eigenvalue weighted by Gasteiger charge is 2.11. The highest BCUT2D eigenvalue weighted by Crippen LogP contribution is 2.21. The van der Waals surface area contributed by atoms with Gasteiger partial charge < -0.3 is 4.74 Å². The van der Waals surface area contributed by atoms with Crippen LogP contribution in [0.25, 0.3) is 0 Å². The van der Waals surface area contributed by atoms with Gasteiger partial charge in [0.1, 0.15) is 5.75 Å². The number of ether oxygens (including phenoxy) is 1. The van der Waals surface area contributed by atoms with Gasteiger partial charge in [0, 0.05) is 10.9 Å². The first kappa shape index (κ1) is 19.6. The van der Waals surface area contributed by atoms with Gasteiger partial charge in [-0.2, -0.15) is 0 Å². The molecule has 5 nitrogen and oxygen atoms in total. The summed E-state index contributed by atoms with van der Waals surface area (Å²) >= 11 is 3.30. The van der Waals surface area contributed by atoms with Gasteiger partial charge in [-0.05, 0) is 45.3 Å². The summed E-state index contributed by atoms with van der Waals surface area (Å²) in [5, 5.41) is 0. The molecule has 2 amide bonds. The summed E-state index contributed by atoms with van der Waals surface area (Å²) in [5.74, 6) is -0.223. The standard InChI is InChI=1S/C22H19BrN2O3/c23-19-12-6-5-11-18(19)22(27)25-24-21(26)15-28-20-13-7-4-10-17(20)14-16-8-2-1-3-9-16/h1-13H,14-15H2,(H,24,26)(H,25,27). The molecule has 3 aromatic carbocycles. The normalized spacial score (nSPS) is 10.2. The van der Waals surface area contributed by atoms with Gasteiger partial charge in [0.15, 0.2) is 6.61 Å². The van der Waals surface area contributed by atoms with E-state index in [1.165, 1.54) is 0 Å². The Labute approximate surface area is 171 Å². The van der Waals surface area contributed by atoms with Crippen molar-refractivity contribution in [1.29, 1.82) is 0 Å². The van der Waals surface area contributed by atoms with Crippen LogP contribution in [0.1, 0.15) is 21.5 Å². The van der Waals surface area contributed by atoms with Crippen LogP contribution in [0.4, 0.5) is 0 Å². The number of nitrogens with one attached hydrogen (secondary N) is 2. The Balaban J connectivity index is 1.54. The highest BCUT2D eigenvalue weighted by molar-refractivity contribution is 9.10. The van der Waals surface area contributed by atoms with E-state index in [4.69, 9.17) is 4.74 Å². The predicted octanol–water partition coefficient (Wildman–Crippen LogP) is 3.88. The molecule has 0 saturated heterocycles. The molecule has 3 rings (SSSR count). The van der Waals surface area contributed by atoms with Gasteiger partial charge in [0.2, 0.25) is 0 Å². The maximum absolute atomic E-state index is 12.1. The van der Waals surface area contributed by atoms with Gasteiger partial charge in [-0.15, -0.1) is 0 Å². The molecule has 0 atom stereocenters. The average Bonchev–Trinajstić information content (AvgIpc) is 2.72. The van der Waals surface area contributed by atoms with Gasteiger partial charge in [0.25, 0.3) is 11.8 Å². The zero-order valence-corrected chi connectivity index (χ0v) is 16.6. The van der Waals surface area contributed by atoms with Crippen molar-refractivity contribution >= 4 is 27.7 Å². The number of hydrazine groups is 1. The van der Waals surface area contributed by atoms with Gasteiger partial charge >= 0.3 is 0 Å². The molecular formula is C22H19BrN2O3. The first-order valence-corrected chi connectivity index (χ1v) is 9.51. The summed E-state index contributed by atoms with van der Waals surface area (Å²) in [6.07, 6.45) is 0.706. The minimum atomic E-state index is -0.449. The smallest absolute Gasteiger partial charge is 0.276 e. The van der Waals surface area contributed by atoms with Crippen LogP contribution in [0.2, 0.25) is 0 Å². The Hall–Kier alpha value is -3.12. The number of halogens is 1. The summed E-state index contributed by atoms with van der Waals surface area (Å²) in [5.41, 5.74) is 7.31. The maximum Gasteiger partial charge on any atom is 0.276 e. The molecule has 0 unspecified atom stereocenters. The summed E-state index contributed by atoms with van der Waals surface area (Å²) in [7, 11) is 0. The molecular weight excluding hydrogens is 420 g/mol. The molecule has 0 aliphatic heterocycles. The van der Waals surface area contributed by atoms with Gasteiger partial charge in [-0.3, -0.25) is 20.4 Å². The molecule has 142 valence electrons. The van der Waals surface area contributed by atoms with Crippen LogP contribution in [0.3, 0.4) is 0 Å². The van der Waals surface area contributed by atoms with Crippen molar-refractivity contribution in [2.75, 3.05) is 6.61 Å². The summed E-state index contributed by atoms with van der Waals surface area (Å²) in [6.45, 7) is -0.206. The number of para-hydroxylation sites is 1. The highest BCUT2D eigenvalue weighted by atomic mass is 79.9. The lowest BCUT2D eigenvalue weighted by atomic mass is 10.0. The minimum Gasteiger partial charge on any atom is -0.483 e. The molecule has 0 radical (unpaired) electrons. The molecule has 0 spiro atoms. The van der Waals surface area contributed by atoms with Crippen LogP contribution in [0, 0.1) is 0 Å². The fourth-order valence-electron chi connectivity index (χ4n) is 2.63. The van der Waals surface area contributed by atoms with Crippen LogP contribution in [-0.4, -0.2) is 18.4 Å². The van der Waals surface area contributed by atoms with Crippen molar-refractivity contribution in [3.8, 4) is 5.75 Å². The topological polar surface area (TPSA) is 67.4 Å². The van der Waals surface area contributed by atoms with Crippen LogP contribution < -0.4 is 15.6 Å². The number of hydrogen-bond acceptors (Lipinski definition) is 3. The molecule has 2 N–H and O–H groups in total. The van der Waals surface area contributed by atoms with Crippen LogP contribution in [0.5, 0.6) is 5.75 Å². The van der Waals surface area contributed by atoms with Crippen molar-refractivity contribution in [2.24, 2.45) is 0 Å². The number of benzene rings is 3. The first-order valence-electron chi connectivity index (χ1n) is 8.72. The third-order valence-corrected chi connectivity index (χ3v) is 4.69. The van der Waals surface area contributed by atoms with Crippen LogP contribution >= 0.6 is 15.9 Å². The van der Waals surface area contributed by atoms with Crippen molar-refractivity contribution in [3.63, 3.8) is 0 Å². The molecule has 0 bridgehead atoms. The number of carbonyl (C=O) groups is 2. The van der Waals surface area contributed by atoms with Gasteiger partial charge in [-0.25, -0.2) is 0 Å². The van der Waals surface area contributed by atoms with Gasteiger partial charge in [0.05, 0.1) is 5.56 Å². The first-order chi connectivity index (χ1) is 13.6. The molecule has 0 aliphatic carbocycles. The second-order valence-electron chi connectivity index (χ2n) is 6.04. The average molecular weight is 439 g/mol. The summed E-state index contributed by atoms with van der Waals surface area (Å²) < 4.78 is 6.31. The van der Waals surface area contributed by atoms with E-state index in [1.54, 1.807) is 24.3 Å². The second-order valence-corrected chi connectivity index (χ2v) is 6.90. The lowest BCUT2D eigenvalue weighted by Crippen LogP contribution is -2.44. The summed E-state index contributed by atoms with van der Waals surface area (Å²) in [6, 6.07) is 24.6. The Morgan fingerprint density at radius 1 is 0.821 bits per heavy atom. The monoisotopic (exact) mass is 438 g/mol. The van der Waals surface area contributed by atoms with E-state index < -0.39 is 11.8 Å². The van der Waals surface area contributed by atoms with E-state index in [-0.39, 0.29) is 6.61 Å². The van der Waals surface area contributed by atoms with E-state index in [0.717, 1.165) is 11.1 Å². The quantitative estimate of drug-likeness (QED) is 0.573. The third kappa shape index (κ3) is 5.44. The molecule has 6 heteroatoms. The largest absolute Gasteiger partial charge is 0.483 e. The van der Waals surface area contributed by atoms with E-state index >= 15 is 0 Å². The summed E-state index contributed by atoms with van der Waals surface area (Å²) in [4.78, 5) is 24.1. The molecule has 0 heterocycles. The molecule has 0 saturated carbocycles. The van der Waals surface area contributed by atoms with E-state index in [9.17, 15) is 9.59 Å². The van der Waals surface area contributed by atoms with Crippen LogP contribution in [0.15, 0.2) is 83.3 Å². The SMILES string of the molecule is O=C(COc1ccccc1Cc1ccccc1)NNC(=O)c1ccccc1Br. The van der Waals surface area contributed by atoms with Crippen molar-refractivity contribution in [1.82, 2.24) is 10.9 Å². The Morgan fingerprint density at radius 2 is 1.50 bits per heavy atom.